The number of carbonyl (C=O) groups is 2. The predicted molar refractivity (Wildman–Crippen MR) is 98.4 cm³/mol. The Kier molecular flexibility index (Phi) is 5.56. The first-order chi connectivity index (χ1) is 13.0. The van der Waals surface area contributed by atoms with E-state index in [2.05, 4.69) is 10.6 Å². The van der Waals surface area contributed by atoms with Crippen LogP contribution in [0.25, 0.3) is 0 Å². The molecule has 0 aromatic heterocycles. The van der Waals surface area contributed by atoms with E-state index in [1.165, 1.54) is 0 Å². The van der Waals surface area contributed by atoms with Crippen molar-refractivity contribution in [3.8, 4) is 0 Å². The van der Waals surface area contributed by atoms with Gasteiger partial charge in [0.25, 0.3) is 11.8 Å². The normalized spacial score (nSPS) is 10.3. The lowest BCUT2D eigenvalue weighted by atomic mass is 10.1. The van der Waals surface area contributed by atoms with Crippen molar-refractivity contribution >= 4 is 17.5 Å². The molecular weight excluding hydrogens is 350 g/mol. The Morgan fingerprint density at radius 1 is 0.741 bits per heavy atom. The summed E-state index contributed by atoms with van der Waals surface area (Å²) in [6, 6.07) is 18.2. The summed E-state index contributed by atoms with van der Waals surface area (Å²) in [5, 5.41) is 5.34. The maximum atomic E-state index is 13.2. The molecule has 3 aromatic carbocycles. The zero-order valence-corrected chi connectivity index (χ0v) is 14.2. The molecule has 4 nitrogen and oxygen atoms in total. The Hall–Kier alpha value is -3.54. The van der Waals surface area contributed by atoms with Gasteiger partial charge in [0.05, 0.1) is 0 Å². The highest BCUT2D eigenvalue weighted by atomic mass is 19.1. The minimum atomic E-state index is -0.697. The fourth-order valence-electron chi connectivity index (χ4n) is 2.50. The van der Waals surface area contributed by atoms with Crippen molar-refractivity contribution in [2.75, 3.05) is 5.32 Å². The first-order valence-electron chi connectivity index (χ1n) is 8.21. The number of rotatable bonds is 5. The van der Waals surface area contributed by atoms with Crippen molar-refractivity contribution in [2.24, 2.45) is 0 Å². The lowest BCUT2D eigenvalue weighted by Gasteiger charge is -2.08. The van der Waals surface area contributed by atoms with Crippen LogP contribution in [0.2, 0.25) is 0 Å². The number of nitrogens with one attached hydrogen (secondary N) is 2. The first kappa shape index (κ1) is 18.3. The molecule has 0 atom stereocenters. The fourth-order valence-corrected chi connectivity index (χ4v) is 2.50. The molecule has 27 heavy (non-hydrogen) atoms. The Labute approximate surface area is 154 Å². The van der Waals surface area contributed by atoms with Gasteiger partial charge in [0, 0.05) is 29.4 Å². The minimum Gasteiger partial charge on any atom is -0.348 e. The summed E-state index contributed by atoms with van der Waals surface area (Å²) in [5.74, 6) is -2.03. The molecule has 0 bridgehead atoms. The highest BCUT2D eigenvalue weighted by Crippen LogP contribution is 2.12. The molecule has 3 rings (SSSR count). The number of carbonyl (C=O) groups excluding carboxylic acids is 2. The Morgan fingerprint density at radius 2 is 1.33 bits per heavy atom. The van der Waals surface area contributed by atoms with Gasteiger partial charge in [-0.3, -0.25) is 9.59 Å². The fraction of sp³-hybridized carbons (Fsp3) is 0.0476. The predicted octanol–water partition coefficient (Wildman–Crippen LogP) is 4.15. The smallest absolute Gasteiger partial charge is 0.255 e. The SMILES string of the molecule is O=C(NCc1cc(F)cc(F)c1)c1ccc(NC(=O)c2ccccc2)cc1. The molecule has 3 aromatic rings. The van der Waals surface area contributed by atoms with Gasteiger partial charge in [-0.15, -0.1) is 0 Å². The monoisotopic (exact) mass is 366 g/mol. The van der Waals surface area contributed by atoms with Crippen LogP contribution in [0.5, 0.6) is 0 Å². The lowest BCUT2D eigenvalue weighted by Crippen LogP contribution is -2.23. The van der Waals surface area contributed by atoms with E-state index in [0.29, 0.717) is 22.4 Å². The van der Waals surface area contributed by atoms with Crippen molar-refractivity contribution in [3.63, 3.8) is 0 Å². The number of amides is 2. The van der Waals surface area contributed by atoms with Crippen molar-refractivity contribution in [2.45, 2.75) is 6.54 Å². The second kappa shape index (κ2) is 8.23. The summed E-state index contributed by atoms with van der Waals surface area (Å²) >= 11 is 0. The summed E-state index contributed by atoms with van der Waals surface area (Å²) in [7, 11) is 0. The molecule has 0 unspecified atom stereocenters. The average Bonchev–Trinajstić information content (AvgIpc) is 2.66. The van der Waals surface area contributed by atoms with Gasteiger partial charge in [-0.25, -0.2) is 8.78 Å². The minimum absolute atomic E-state index is 0.00000780. The van der Waals surface area contributed by atoms with E-state index in [1.807, 2.05) is 6.07 Å². The lowest BCUT2D eigenvalue weighted by molar-refractivity contribution is 0.0950. The third kappa shape index (κ3) is 4.98. The molecule has 0 spiro atoms. The van der Waals surface area contributed by atoms with Crippen molar-refractivity contribution in [1.82, 2.24) is 5.32 Å². The van der Waals surface area contributed by atoms with Gasteiger partial charge >= 0.3 is 0 Å². The van der Waals surface area contributed by atoms with Crippen molar-refractivity contribution < 1.29 is 18.4 Å². The van der Waals surface area contributed by atoms with E-state index in [0.717, 1.165) is 18.2 Å². The van der Waals surface area contributed by atoms with Crippen LogP contribution < -0.4 is 10.6 Å². The summed E-state index contributed by atoms with van der Waals surface area (Å²) in [6.45, 7) is 0.00000780. The third-order valence-electron chi connectivity index (χ3n) is 3.82. The third-order valence-corrected chi connectivity index (χ3v) is 3.82. The number of halogens is 2. The summed E-state index contributed by atoms with van der Waals surface area (Å²) in [5.41, 5.74) is 1.77. The maximum absolute atomic E-state index is 13.2. The van der Waals surface area contributed by atoms with Crippen LogP contribution in [-0.2, 0) is 6.54 Å². The van der Waals surface area contributed by atoms with Crippen LogP contribution in [0, 0.1) is 11.6 Å². The summed E-state index contributed by atoms with van der Waals surface area (Å²) in [4.78, 5) is 24.3. The Morgan fingerprint density at radius 3 is 1.96 bits per heavy atom. The molecule has 2 amide bonds. The van der Waals surface area contributed by atoms with Gasteiger partial charge in [-0.1, -0.05) is 18.2 Å². The zero-order chi connectivity index (χ0) is 19.2. The van der Waals surface area contributed by atoms with Crippen LogP contribution in [0.4, 0.5) is 14.5 Å². The Bertz CT molecular complexity index is 937. The molecule has 0 fully saturated rings. The number of benzene rings is 3. The van der Waals surface area contributed by atoms with E-state index in [-0.39, 0.29) is 18.4 Å². The second-order valence-corrected chi connectivity index (χ2v) is 5.86. The van der Waals surface area contributed by atoms with Crippen LogP contribution in [0.1, 0.15) is 26.3 Å². The number of hydrogen-bond acceptors (Lipinski definition) is 2. The molecule has 6 heteroatoms. The largest absolute Gasteiger partial charge is 0.348 e. The van der Waals surface area contributed by atoms with Gasteiger partial charge in [0.15, 0.2) is 0 Å². The van der Waals surface area contributed by atoms with Crippen LogP contribution >= 0.6 is 0 Å². The molecule has 0 saturated carbocycles. The van der Waals surface area contributed by atoms with Crippen molar-refractivity contribution in [1.29, 1.82) is 0 Å². The maximum Gasteiger partial charge on any atom is 0.255 e. The molecule has 0 saturated heterocycles. The van der Waals surface area contributed by atoms with Gasteiger partial charge in [0.1, 0.15) is 11.6 Å². The molecule has 2 N–H and O–H groups in total. The molecule has 0 radical (unpaired) electrons. The van der Waals surface area contributed by atoms with E-state index < -0.39 is 11.6 Å². The highest BCUT2D eigenvalue weighted by molar-refractivity contribution is 6.04. The van der Waals surface area contributed by atoms with Gasteiger partial charge in [-0.05, 0) is 54.1 Å². The second-order valence-electron chi connectivity index (χ2n) is 5.86. The molecule has 0 heterocycles. The van der Waals surface area contributed by atoms with Gasteiger partial charge < -0.3 is 10.6 Å². The molecule has 0 aliphatic carbocycles. The van der Waals surface area contributed by atoms with Crippen LogP contribution in [0.3, 0.4) is 0 Å². The molecular formula is C21H16F2N2O2. The quantitative estimate of drug-likeness (QED) is 0.713. The van der Waals surface area contributed by atoms with Gasteiger partial charge in [-0.2, -0.15) is 0 Å². The molecule has 0 aliphatic heterocycles. The van der Waals surface area contributed by atoms with Crippen molar-refractivity contribution in [3.05, 3.63) is 101 Å². The average molecular weight is 366 g/mol. The Balaban J connectivity index is 1.59. The summed E-state index contributed by atoms with van der Waals surface area (Å²) in [6.07, 6.45) is 0. The standard InChI is InChI=1S/C21H16F2N2O2/c22-17-10-14(11-18(23)12-17)13-24-20(26)16-6-8-19(9-7-16)25-21(27)15-4-2-1-3-5-15/h1-12H,13H2,(H,24,26)(H,25,27). The topological polar surface area (TPSA) is 58.2 Å². The molecule has 136 valence electrons. The van der Waals surface area contributed by atoms with E-state index in [9.17, 15) is 18.4 Å². The first-order valence-corrected chi connectivity index (χ1v) is 8.21. The van der Waals surface area contributed by atoms with E-state index >= 15 is 0 Å². The van der Waals surface area contributed by atoms with E-state index in [1.54, 1.807) is 48.5 Å². The summed E-state index contributed by atoms with van der Waals surface area (Å²) < 4.78 is 26.3. The van der Waals surface area contributed by atoms with Crippen LogP contribution in [-0.4, -0.2) is 11.8 Å². The number of hydrogen-bond donors (Lipinski definition) is 2. The van der Waals surface area contributed by atoms with E-state index in [4.69, 9.17) is 0 Å². The zero-order valence-electron chi connectivity index (χ0n) is 14.2. The highest BCUT2D eigenvalue weighted by Gasteiger charge is 2.09. The van der Waals surface area contributed by atoms with Gasteiger partial charge in [0.2, 0.25) is 0 Å². The molecule has 0 aliphatic rings. The van der Waals surface area contributed by atoms with Crippen LogP contribution in [0.15, 0.2) is 72.8 Å². The number of anilines is 1.